The number of ether oxygens (including phenoxy) is 1. The van der Waals surface area contributed by atoms with Gasteiger partial charge < -0.3 is 4.74 Å². The molecule has 0 aliphatic carbocycles. The molecule has 15 heavy (non-hydrogen) atoms. The van der Waals surface area contributed by atoms with E-state index in [2.05, 4.69) is 23.9 Å². The average Bonchev–Trinajstić information content (AvgIpc) is 2.75. The van der Waals surface area contributed by atoms with Gasteiger partial charge in [-0.05, 0) is 20.4 Å². The van der Waals surface area contributed by atoms with Crippen molar-refractivity contribution in [2.45, 2.75) is 32.0 Å². The summed E-state index contributed by atoms with van der Waals surface area (Å²) in [4.78, 5) is 7.57. The van der Waals surface area contributed by atoms with Gasteiger partial charge in [0.1, 0.15) is 0 Å². The van der Waals surface area contributed by atoms with E-state index in [9.17, 15) is 0 Å². The van der Waals surface area contributed by atoms with E-state index in [4.69, 9.17) is 16.3 Å². The van der Waals surface area contributed by atoms with Crippen LogP contribution in [0.1, 0.15) is 18.2 Å². The molecular formula is C10H15ClN2OS. The lowest BCUT2D eigenvalue weighted by Gasteiger charge is -2.25. The second kappa shape index (κ2) is 4.78. The van der Waals surface area contributed by atoms with Crippen LogP contribution < -0.4 is 0 Å². The Labute approximate surface area is 99.0 Å². The van der Waals surface area contributed by atoms with Crippen LogP contribution in [0.5, 0.6) is 0 Å². The molecule has 2 heterocycles. The first-order valence-electron chi connectivity index (χ1n) is 5.09. The van der Waals surface area contributed by atoms with E-state index in [0.29, 0.717) is 16.6 Å². The van der Waals surface area contributed by atoms with E-state index in [1.165, 1.54) is 4.88 Å². The maximum atomic E-state index is 5.80. The first-order valence-corrected chi connectivity index (χ1v) is 6.28. The minimum atomic E-state index is 0.332. The Morgan fingerprint density at radius 2 is 2.53 bits per heavy atom. The summed E-state index contributed by atoms with van der Waals surface area (Å²) in [6.45, 7) is 3.91. The van der Waals surface area contributed by atoms with Gasteiger partial charge in [-0.25, -0.2) is 4.98 Å². The molecule has 1 aliphatic rings. The van der Waals surface area contributed by atoms with E-state index in [0.717, 1.165) is 19.6 Å². The van der Waals surface area contributed by atoms with Gasteiger partial charge in [0.15, 0.2) is 4.47 Å². The normalized spacial score (nSPS) is 26.4. The number of nitrogens with zero attached hydrogens (tertiary/aromatic N) is 2. The van der Waals surface area contributed by atoms with Crippen molar-refractivity contribution in [2.24, 2.45) is 0 Å². The summed E-state index contributed by atoms with van der Waals surface area (Å²) in [5.41, 5.74) is 0. The second-order valence-electron chi connectivity index (χ2n) is 3.93. The molecule has 0 amide bonds. The number of thiazole rings is 1. The van der Waals surface area contributed by atoms with Crippen LogP contribution in [-0.4, -0.2) is 35.7 Å². The molecule has 0 N–H and O–H groups in total. The molecular weight excluding hydrogens is 232 g/mol. The van der Waals surface area contributed by atoms with Crippen LogP contribution in [0, 0.1) is 0 Å². The van der Waals surface area contributed by atoms with Crippen molar-refractivity contribution in [3.05, 3.63) is 15.5 Å². The molecule has 84 valence electrons. The predicted octanol–water partition coefficient (Wildman–Crippen LogP) is 2.41. The van der Waals surface area contributed by atoms with Crippen molar-refractivity contribution in [1.29, 1.82) is 0 Å². The number of likely N-dealkylation sites (N-methyl/N-ethyl adjacent to an activating group) is 1. The van der Waals surface area contributed by atoms with Gasteiger partial charge >= 0.3 is 0 Å². The molecule has 2 rings (SSSR count). The first-order chi connectivity index (χ1) is 7.16. The van der Waals surface area contributed by atoms with Crippen LogP contribution >= 0.6 is 22.9 Å². The largest absolute Gasteiger partial charge is 0.377 e. The number of hydrogen-bond donors (Lipinski definition) is 0. The summed E-state index contributed by atoms with van der Waals surface area (Å²) in [5, 5.41) is 0. The molecule has 5 heteroatoms. The highest BCUT2D eigenvalue weighted by Gasteiger charge is 2.27. The highest BCUT2D eigenvalue weighted by molar-refractivity contribution is 7.15. The molecule has 0 spiro atoms. The molecule has 1 saturated heterocycles. The van der Waals surface area contributed by atoms with Crippen molar-refractivity contribution in [3.63, 3.8) is 0 Å². The van der Waals surface area contributed by atoms with Crippen molar-refractivity contribution in [2.75, 3.05) is 13.7 Å². The molecule has 1 aromatic rings. The van der Waals surface area contributed by atoms with Crippen molar-refractivity contribution in [1.82, 2.24) is 9.88 Å². The van der Waals surface area contributed by atoms with Crippen LogP contribution in [0.25, 0.3) is 0 Å². The highest BCUT2D eigenvalue weighted by atomic mass is 35.5. The molecule has 0 aromatic carbocycles. The van der Waals surface area contributed by atoms with Crippen molar-refractivity contribution in [3.8, 4) is 0 Å². The molecule has 3 nitrogen and oxygen atoms in total. The quantitative estimate of drug-likeness (QED) is 0.819. The summed E-state index contributed by atoms with van der Waals surface area (Å²) in [6, 6.07) is 0.519. The number of aromatic nitrogens is 1. The Bertz CT molecular complexity index is 331. The minimum absolute atomic E-state index is 0.332. The number of rotatable bonds is 3. The molecule has 2 atom stereocenters. The molecule has 0 saturated carbocycles. The van der Waals surface area contributed by atoms with Crippen LogP contribution in [0.15, 0.2) is 6.20 Å². The van der Waals surface area contributed by atoms with Gasteiger partial charge in [0, 0.05) is 30.3 Å². The second-order valence-corrected chi connectivity index (χ2v) is 5.62. The van der Waals surface area contributed by atoms with E-state index in [-0.39, 0.29) is 0 Å². The fourth-order valence-electron chi connectivity index (χ4n) is 2.02. The molecule has 0 radical (unpaired) electrons. The summed E-state index contributed by atoms with van der Waals surface area (Å²) in [6.07, 6.45) is 3.30. The Morgan fingerprint density at radius 1 is 1.73 bits per heavy atom. The van der Waals surface area contributed by atoms with E-state index < -0.39 is 0 Å². The third-order valence-electron chi connectivity index (χ3n) is 2.83. The monoisotopic (exact) mass is 246 g/mol. The lowest BCUT2D eigenvalue weighted by Crippen LogP contribution is -2.35. The summed E-state index contributed by atoms with van der Waals surface area (Å²) < 4.78 is 6.17. The van der Waals surface area contributed by atoms with E-state index >= 15 is 0 Å². The average molecular weight is 247 g/mol. The van der Waals surface area contributed by atoms with Crippen LogP contribution in [-0.2, 0) is 11.3 Å². The summed E-state index contributed by atoms with van der Waals surface area (Å²) in [5.74, 6) is 0. The third-order valence-corrected chi connectivity index (χ3v) is 3.93. The van der Waals surface area contributed by atoms with E-state index in [1.807, 2.05) is 6.20 Å². The van der Waals surface area contributed by atoms with Crippen LogP contribution in [0.4, 0.5) is 0 Å². The zero-order valence-electron chi connectivity index (χ0n) is 8.94. The van der Waals surface area contributed by atoms with Crippen molar-refractivity contribution >= 4 is 22.9 Å². The Hall–Kier alpha value is -0.160. The maximum Gasteiger partial charge on any atom is 0.183 e. The highest BCUT2D eigenvalue weighted by Crippen LogP contribution is 2.23. The van der Waals surface area contributed by atoms with Gasteiger partial charge in [-0.3, -0.25) is 4.90 Å². The first kappa shape index (κ1) is 11.3. The Balaban J connectivity index is 1.94. The van der Waals surface area contributed by atoms with Gasteiger partial charge in [0.2, 0.25) is 0 Å². The van der Waals surface area contributed by atoms with Gasteiger partial charge in [0.05, 0.1) is 6.10 Å². The predicted molar refractivity (Wildman–Crippen MR) is 62.4 cm³/mol. The van der Waals surface area contributed by atoms with Crippen LogP contribution in [0.3, 0.4) is 0 Å². The lowest BCUT2D eigenvalue weighted by atomic mass is 10.1. The number of halogens is 1. The summed E-state index contributed by atoms with van der Waals surface area (Å²) >= 11 is 7.34. The summed E-state index contributed by atoms with van der Waals surface area (Å²) in [7, 11) is 2.13. The Kier molecular flexibility index (Phi) is 3.61. The minimum Gasteiger partial charge on any atom is -0.377 e. The van der Waals surface area contributed by atoms with Crippen molar-refractivity contribution < 1.29 is 4.74 Å². The molecule has 0 bridgehead atoms. The van der Waals surface area contributed by atoms with Crippen LogP contribution in [0.2, 0.25) is 4.47 Å². The smallest absolute Gasteiger partial charge is 0.183 e. The van der Waals surface area contributed by atoms with Gasteiger partial charge in [-0.15, -0.1) is 11.3 Å². The fraction of sp³-hybridized carbons (Fsp3) is 0.700. The van der Waals surface area contributed by atoms with E-state index in [1.54, 1.807) is 11.3 Å². The topological polar surface area (TPSA) is 25.4 Å². The standard InChI is InChI=1S/C10H15ClN2OS/c1-7-9(3-4-14-7)13(2)6-8-5-12-10(11)15-8/h5,7,9H,3-4,6H2,1-2H3. The molecule has 1 aromatic heterocycles. The lowest BCUT2D eigenvalue weighted by molar-refractivity contribution is 0.0817. The SMILES string of the molecule is CC1OCCC1N(C)Cc1cnc(Cl)s1. The molecule has 1 fully saturated rings. The zero-order valence-corrected chi connectivity index (χ0v) is 10.5. The number of hydrogen-bond acceptors (Lipinski definition) is 4. The maximum absolute atomic E-state index is 5.80. The third kappa shape index (κ3) is 2.69. The van der Waals surface area contributed by atoms with Gasteiger partial charge in [-0.2, -0.15) is 0 Å². The van der Waals surface area contributed by atoms with Gasteiger partial charge in [0.25, 0.3) is 0 Å². The molecule has 1 aliphatic heterocycles. The van der Waals surface area contributed by atoms with Gasteiger partial charge in [-0.1, -0.05) is 11.6 Å². The zero-order chi connectivity index (χ0) is 10.8. The Morgan fingerprint density at radius 3 is 3.07 bits per heavy atom. The fourth-order valence-corrected chi connectivity index (χ4v) is 3.06. The molecule has 2 unspecified atom stereocenters.